The molecule has 0 radical (unpaired) electrons. The zero-order valence-corrected chi connectivity index (χ0v) is 12.7. The number of carboxylic acids is 1. The number of likely N-dealkylation sites (tertiary alicyclic amines) is 1. The molecule has 1 aromatic carbocycles. The van der Waals surface area contributed by atoms with Crippen LogP contribution in [-0.2, 0) is 0 Å². The lowest BCUT2D eigenvalue weighted by Gasteiger charge is -2.19. The summed E-state index contributed by atoms with van der Waals surface area (Å²) in [4.78, 5) is 13.0. The Morgan fingerprint density at radius 3 is 2.48 bits per heavy atom. The molecule has 1 aliphatic rings. The van der Waals surface area contributed by atoms with E-state index in [1.807, 2.05) is 0 Å². The van der Waals surface area contributed by atoms with Crippen LogP contribution in [0.4, 0.5) is 4.39 Å². The van der Waals surface area contributed by atoms with Crippen molar-refractivity contribution < 1.29 is 19.0 Å². The first-order valence-corrected chi connectivity index (χ1v) is 7.05. The SMILES string of the molecule is Cl.O=C(O)c1ccc(OCCN2CCCCCC2)c(F)c1. The Bertz CT molecular complexity index is 462. The molecule has 0 amide bonds. The number of halogens is 2. The molecule has 1 aromatic rings. The molecule has 0 aliphatic carbocycles. The third-order valence-electron chi connectivity index (χ3n) is 3.54. The average molecular weight is 318 g/mol. The monoisotopic (exact) mass is 317 g/mol. The van der Waals surface area contributed by atoms with Gasteiger partial charge in [-0.25, -0.2) is 9.18 Å². The molecule has 0 saturated carbocycles. The second kappa shape index (κ2) is 8.85. The number of rotatable bonds is 5. The molecule has 0 unspecified atom stereocenters. The Balaban J connectivity index is 0.00000220. The summed E-state index contributed by atoms with van der Waals surface area (Å²) in [6, 6.07) is 3.72. The maximum absolute atomic E-state index is 13.6. The summed E-state index contributed by atoms with van der Waals surface area (Å²) in [5, 5.41) is 8.76. The third-order valence-corrected chi connectivity index (χ3v) is 3.54. The largest absolute Gasteiger partial charge is 0.489 e. The molecule has 118 valence electrons. The van der Waals surface area contributed by atoms with E-state index < -0.39 is 11.8 Å². The van der Waals surface area contributed by atoms with Gasteiger partial charge in [-0.15, -0.1) is 12.4 Å². The van der Waals surface area contributed by atoms with E-state index in [9.17, 15) is 9.18 Å². The summed E-state index contributed by atoms with van der Waals surface area (Å²) in [6.45, 7) is 3.34. The first-order chi connectivity index (χ1) is 9.66. The van der Waals surface area contributed by atoms with E-state index in [1.54, 1.807) is 0 Å². The standard InChI is InChI=1S/C15H20FNO3.ClH/c16-13-11-12(15(18)19)5-6-14(13)20-10-9-17-7-3-1-2-4-8-17;/h5-6,11H,1-4,7-10H2,(H,18,19);1H. The summed E-state index contributed by atoms with van der Waals surface area (Å²) >= 11 is 0. The van der Waals surface area contributed by atoms with Crippen LogP contribution < -0.4 is 4.74 Å². The van der Waals surface area contributed by atoms with E-state index in [2.05, 4.69) is 4.90 Å². The van der Waals surface area contributed by atoms with Crippen LogP contribution in [0.2, 0.25) is 0 Å². The predicted octanol–water partition coefficient (Wildman–Crippen LogP) is 3.20. The highest BCUT2D eigenvalue weighted by atomic mass is 35.5. The number of aromatic carboxylic acids is 1. The highest BCUT2D eigenvalue weighted by molar-refractivity contribution is 5.87. The second-order valence-corrected chi connectivity index (χ2v) is 5.05. The van der Waals surface area contributed by atoms with Crippen molar-refractivity contribution in [2.45, 2.75) is 25.7 Å². The summed E-state index contributed by atoms with van der Waals surface area (Å²) in [6.07, 6.45) is 4.98. The van der Waals surface area contributed by atoms with Crippen molar-refractivity contribution in [3.63, 3.8) is 0 Å². The van der Waals surface area contributed by atoms with Crippen molar-refractivity contribution in [3.8, 4) is 5.75 Å². The van der Waals surface area contributed by atoms with Gasteiger partial charge in [0.25, 0.3) is 0 Å². The van der Waals surface area contributed by atoms with Crippen LogP contribution >= 0.6 is 12.4 Å². The average Bonchev–Trinajstić information content (AvgIpc) is 2.69. The van der Waals surface area contributed by atoms with Gasteiger partial charge >= 0.3 is 5.97 Å². The predicted molar refractivity (Wildman–Crippen MR) is 81.0 cm³/mol. The van der Waals surface area contributed by atoms with Gasteiger partial charge in [-0.2, -0.15) is 0 Å². The fourth-order valence-electron chi connectivity index (χ4n) is 2.40. The van der Waals surface area contributed by atoms with Crippen LogP contribution in [0.15, 0.2) is 18.2 Å². The van der Waals surface area contributed by atoms with Crippen molar-refractivity contribution >= 4 is 18.4 Å². The lowest BCUT2D eigenvalue weighted by molar-refractivity contribution is 0.0696. The number of ether oxygens (including phenoxy) is 1. The molecule has 0 atom stereocenters. The van der Waals surface area contributed by atoms with E-state index in [0.29, 0.717) is 6.61 Å². The minimum atomic E-state index is -1.14. The Morgan fingerprint density at radius 2 is 1.90 bits per heavy atom. The molecule has 21 heavy (non-hydrogen) atoms. The van der Waals surface area contributed by atoms with Crippen molar-refractivity contribution in [2.75, 3.05) is 26.2 Å². The van der Waals surface area contributed by atoms with Crippen molar-refractivity contribution in [1.29, 1.82) is 0 Å². The van der Waals surface area contributed by atoms with Gasteiger partial charge in [0, 0.05) is 6.54 Å². The maximum atomic E-state index is 13.6. The highest BCUT2D eigenvalue weighted by Crippen LogP contribution is 2.18. The Morgan fingerprint density at radius 1 is 1.24 bits per heavy atom. The molecule has 1 aliphatic heterocycles. The highest BCUT2D eigenvalue weighted by Gasteiger charge is 2.11. The molecular weight excluding hydrogens is 297 g/mol. The number of carboxylic acid groups (broad SMARTS) is 1. The lowest BCUT2D eigenvalue weighted by atomic mass is 10.2. The number of hydrogen-bond acceptors (Lipinski definition) is 3. The summed E-state index contributed by atoms with van der Waals surface area (Å²) in [7, 11) is 0. The fourth-order valence-corrected chi connectivity index (χ4v) is 2.40. The van der Waals surface area contributed by atoms with E-state index in [0.717, 1.165) is 25.7 Å². The van der Waals surface area contributed by atoms with Crippen LogP contribution in [0, 0.1) is 5.82 Å². The van der Waals surface area contributed by atoms with E-state index in [4.69, 9.17) is 9.84 Å². The van der Waals surface area contributed by atoms with Crippen molar-refractivity contribution in [1.82, 2.24) is 4.90 Å². The summed E-state index contributed by atoms with van der Waals surface area (Å²) in [5.74, 6) is -1.65. The minimum Gasteiger partial charge on any atom is -0.489 e. The molecule has 0 aromatic heterocycles. The van der Waals surface area contributed by atoms with Crippen LogP contribution in [0.5, 0.6) is 5.75 Å². The van der Waals surface area contributed by atoms with Crippen LogP contribution in [0.3, 0.4) is 0 Å². The Labute approximate surface area is 130 Å². The quantitative estimate of drug-likeness (QED) is 0.906. The minimum absolute atomic E-state index is 0. The molecule has 2 rings (SSSR count). The zero-order chi connectivity index (χ0) is 14.4. The zero-order valence-electron chi connectivity index (χ0n) is 11.9. The molecule has 0 spiro atoms. The number of carbonyl (C=O) groups is 1. The topological polar surface area (TPSA) is 49.8 Å². The van der Waals surface area contributed by atoms with Gasteiger partial charge < -0.3 is 9.84 Å². The molecule has 4 nitrogen and oxygen atoms in total. The molecule has 1 fully saturated rings. The van der Waals surface area contributed by atoms with Crippen molar-refractivity contribution in [3.05, 3.63) is 29.6 Å². The number of nitrogens with zero attached hydrogens (tertiary/aromatic N) is 1. The lowest BCUT2D eigenvalue weighted by Crippen LogP contribution is -2.29. The van der Waals surface area contributed by atoms with Gasteiger partial charge in [0.05, 0.1) is 5.56 Å². The van der Waals surface area contributed by atoms with E-state index in [1.165, 1.54) is 37.8 Å². The molecule has 6 heteroatoms. The third kappa shape index (κ3) is 5.52. The second-order valence-electron chi connectivity index (χ2n) is 5.05. The van der Waals surface area contributed by atoms with Gasteiger partial charge in [0.15, 0.2) is 11.6 Å². The van der Waals surface area contributed by atoms with Crippen LogP contribution in [0.1, 0.15) is 36.0 Å². The van der Waals surface area contributed by atoms with Gasteiger partial charge in [-0.1, -0.05) is 12.8 Å². The molecule has 1 N–H and O–H groups in total. The van der Waals surface area contributed by atoms with Gasteiger partial charge in [-0.05, 0) is 44.1 Å². The van der Waals surface area contributed by atoms with Gasteiger partial charge in [0.2, 0.25) is 0 Å². The molecule has 1 heterocycles. The number of benzene rings is 1. The molecular formula is C15H21ClFNO3. The van der Waals surface area contributed by atoms with Gasteiger partial charge in [0.1, 0.15) is 6.61 Å². The van der Waals surface area contributed by atoms with Crippen LogP contribution in [-0.4, -0.2) is 42.2 Å². The summed E-state index contributed by atoms with van der Waals surface area (Å²) in [5.41, 5.74) is -0.0673. The normalized spacial score (nSPS) is 15.9. The van der Waals surface area contributed by atoms with E-state index in [-0.39, 0.29) is 23.7 Å². The van der Waals surface area contributed by atoms with E-state index >= 15 is 0 Å². The maximum Gasteiger partial charge on any atom is 0.335 e. The summed E-state index contributed by atoms with van der Waals surface area (Å²) < 4.78 is 19.0. The molecule has 0 bridgehead atoms. The Hall–Kier alpha value is -1.33. The van der Waals surface area contributed by atoms with Gasteiger partial charge in [-0.3, -0.25) is 4.90 Å². The first-order valence-electron chi connectivity index (χ1n) is 7.05. The fraction of sp³-hybridized carbons (Fsp3) is 0.533. The molecule has 1 saturated heterocycles. The number of hydrogen-bond donors (Lipinski definition) is 1. The Kier molecular flexibility index (Phi) is 7.47. The van der Waals surface area contributed by atoms with Crippen LogP contribution in [0.25, 0.3) is 0 Å². The first kappa shape index (κ1) is 17.7. The smallest absolute Gasteiger partial charge is 0.335 e. The van der Waals surface area contributed by atoms with Crippen molar-refractivity contribution in [2.24, 2.45) is 0 Å².